The van der Waals surface area contributed by atoms with Gasteiger partial charge in [-0.15, -0.1) is 0 Å². The van der Waals surface area contributed by atoms with Gasteiger partial charge in [0.1, 0.15) is 18.2 Å². The van der Waals surface area contributed by atoms with Crippen LogP contribution in [0.5, 0.6) is 5.75 Å². The molecule has 0 aromatic heterocycles. The van der Waals surface area contributed by atoms with Crippen molar-refractivity contribution in [1.82, 2.24) is 0 Å². The molecule has 0 aliphatic heterocycles. The van der Waals surface area contributed by atoms with Crippen molar-refractivity contribution in [3.8, 4) is 5.75 Å². The first kappa shape index (κ1) is 13.8. The van der Waals surface area contributed by atoms with E-state index >= 15 is 0 Å². The van der Waals surface area contributed by atoms with Crippen LogP contribution in [0.1, 0.15) is 5.56 Å². The van der Waals surface area contributed by atoms with E-state index in [1.165, 1.54) is 12.1 Å². The molecule has 0 saturated heterocycles. The molecule has 1 atom stereocenters. The molecule has 2 nitrogen and oxygen atoms in total. The van der Waals surface area contributed by atoms with Crippen molar-refractivity contribution in [2.24, 2.45) is 5.73 Å². The van der Waals surface area contributed by atoms with Crippen LogP contribution in [-0.4, -0.2) is 12.6 Å². The minimum absolute atomic E-state index is 0.149. The highest BCUT2D eigenvalue weighted by atomic mass is 35.5. The molecule has 0 bridgehead atoms. The molecule has 4 heteroatoms. The van der Waals surface area contributed by atoms with Gasteiger partial charge in [0.15, 0.2) is 0 Å². The van der Waals surface area contributed by atoms with Crippen molar-refractivity contribution >= 4 is 11.6 Å². The van der Waals surface area contributed by atoms with Crippen LogP contribution < -0.4 is 10.5 Å². The molecule has 2 N–H and O–H groups in total. The third-order valence-corrected chi connectivity index (χ3v) is 2.91. The Balaban J connectivity index is 1.84. The van der Waals surface area contributed by atoms with Crippen LogP contribution in [0.15, 0.2) is 48.5 Å². The summed E-state index contributed by atoms with van der Waals surface area (Å²) in [7, 11) is 0. The molecule has 19 heavy (non-hydrogen) atoms. The average molecular weight is 280 g/mol. The van der Waals surface area contributed by atoms with Crippen molar-refractivity contribution in [3.63, 3.8) is 0 Å². The summed E-state index contributed by atoms with van der Waals surface area (Å²) in [6, 6.07) is 13.4. The normalized spacial score (nSPS) is 12.2. The van der Waals surface area contributed by atoms with Gasteiger partial charge in [-0.25, -0.2) is 4.39 Å². The third kappa shape index (κ3) is 4.54. The minimum Gasteiger partial charge on any atom is -0.492 e. The zero-order chi connectivity index (χ0) is 13.7. The second-order valence-corrected chi connectivity index (χ2v) is 4.80. The first-order valence-corrected chi connectivity index (χ1v) is 6.39. The Morgan fingerprint density at radius 3 is 2.58 bits per heavy atom. The maximum atomic E-state index is 12.8. The molecule has 100 valence electrons. The van der Waals surface area contributed by atoms with Crippen molar-refractivity contribution < 1.29 is 9.13 Å². The minimum atomic E-state index is -0.243. The summed E-state index contributed by atoms with van der Waals surface area (Å²) < 4.78 is 18.3. The first-order chi connectivity index (χ1) is 9.13. The summed E-state index contributed by atoms with van der Waals surface area (Å²) in [5.41, 5.74) is 6.97. The predicted molar refractivity (Wildman–Crippen MR) is 75.0 cm³/mol. The fourth-order valence-corrected chi connectivity index (χ4v) is 1.92. The van der Waals surface area contributed by atoms with Gasteiger partial charge < -0.3 is 10.5 Å². The Bertz CT molecular complexity index is 530. The molecule has 1 unspecified atom stereocenters. The molecule has 0 heterocycles. The van der Waals surface area contributed by atoms with Crippen molar-refractivity contribution in [2.75, 3.05) is 6.61 Å². The zero-order valence-corrected chi connectivity index (χ0v) is 11.1. The van der Waals surface area contributed by atoms with Crippen LogP contribution in [0.3, 0.4) is 0 Å². The van der Waals surface area contributed by atoms with Gasteiger partial charge in [0, 0.05) is 11.1 Å². The maximum absolute atomic E-state index is 12.8. The van der Waals surface area contributed by atoms with Gasteiger partial charge in [-0.3, -0.25) is 0 Å². The molecule has 0 aliphatic carbocycles. The average Bonchev–Trinajstić information content (AvgIpc) is 2.39. The van der Waals surface area contributed by atoms with Gasteiger partial charge >= 0.3 is 0 Å². The molecule has 0 radical (unpaired) electrons. The smallest absolute Gasteiger partial charge is 0.123 e. The van der Waals surface area contributed by atoms with Gasteiger partial charge in [-0.05, 0) is 42.3 Å². The molecular weight excluding hydrogens is 265 g/mol. The number of hydrogen-bond donors (Lipinski definition) is 1. The molecule has 0 aliphatic rings. The first-order valence-electron chi connectivity index (χ1n) is 6.02. The molecular formula is C15H15ClFNO. The van der Waals surface area contributed by atoms with Gasteiger partial charge in [0.05, 0.1) is 0 Å². The highest BCUT2D eigenvalue weighted by Gasteiger charge is 2.06. The van der Waals surface area contributed by atoms with Crippen molar-refractivity contribution in [1.29, 1.82) is 0 Å². The molecule has 0 fully saturated rings. The second kappa shape index (κ2) is 6.55. The van der Waals surface area contributed by atoms with Crippen LogP contribution >= 0.6 is 11.6 Å². The van der Waals surface area contributed by atoms with E-state index in [9.17, 15) is 4.39 Å². The lowest BCUT2D eigenvalue weighted by molar-refractivity contribution is 0.287. The summed E-state index contributed by atoms with van der Waals surface area (Å²) in [5, 5.41) is 0.629. The van der Waals surface area contributed by atoms with E-state index in [4.69, 9.17) is 22.1 Å². The molecule has 2 aromatic carbocycles. The Kier molecular flexibility index (Phi) is 4.77. The number of nitrogens with two attached hydrogens (primary N) is 1. The Hall–Kier alpha value is -1.58. The van der Waals surface area contributed by atoms with Crippen LogP contribution in [0.4, 0.5) is 4.39 Å². The quantitative estimate of drug-likeness (QED) is 0.910. The molecule has 2 rings (SSSR count). The second-order valence-electron chi connectivity index (χ2n) is 4.36. The van der Waals surface area contributed by atoms with Gasteiger partial charge in [0.25, 0.3) is 0 Å². The number of rotatable bonds is 5. The lowest BCUT2D eigenvalue weighted by Crippen LogP contribution is -2.30. The van der Waals surface area contributed by atoms with Gasteiger partial charge in [0.2, 0.25) is 0 Å². The number of halogens is 2. The highest BCUT2D eigenvalue weighted by Crippen LogP contribution is 2.17. The summed E-state index contributed by atoms with van der Waals surface area (Å²) in [5.74, 6) is 0.453. The maximum Gasteiger partial charge on any atom is 0.123 e. The van der Waals surface area contributed by atoms with Crippen LogP contribution in [0, 0.1) is 5.82 Å². The SMILES string of the molecule is NC(COc1cccc(Cl)c1)Cc1ccc(F)cc1. The Morgan fingerprint density at radius 2 is 1.89 bits per heavy atom. The monoisotopic (exact) mass is 279 g/mol. The third-order valence-electron chi connectivity index (χ3n) is 2.67. The molecule has 0 amide bonds. The number of benzene rings is 2. The largest absolute Gasteiger partial charge is 0.492 e. The lowest BCUT2D eigenvalue weighted by atomic mass is 10.1. The van der Waals surface area contributed by atoms with Crippen molar-refractivity contribution in [2.45, 2.75) is 12.5 Å². The Labute approximate surface area is 117 Å². The van der Waals surface area contributed by atoms with E-state index in [-0.39, 0.29) is 11.9 Å². The van der Waals surface area contributed by atoms with E-state index in [1.807, 2.05) is 12.1 Å². The van der Waals surface area contributed by atoms with E-state index in [2.05, 4.69) is 0 Å². The fourth-order valence-electron chi connectivity index (χ4n) is 1.74. The number of ether oxygens (including phenoxy) is 1. The van der Waals surface area contributed by atoms with E-state index in [0.29, 0.717) is 23.8 Å². The molecule has 0 spiro atoms. The topological polar surface area (TPSA) is 35.2 Å². The van der Waals surface area contributed by atoms with E-state index in [0.717, 1.165) is 5.56 Å². The fraction of sp³-hybridized carbons (Fsp3) is 0.200. The van der Waals surface area contributed by atoms with Crippen LogP contribution in [0.2, 0.25) is 5.02 Å². The van der Waals surface area contributed by atoms with Gasteiger partial charge in [-0.1, -0.05) is 29.8 Å². The summed E-state index contributed by atoms with van der Waals surface area (Å²) in [4.78, 5) is 0. The van der Waals surface area contributed by atoms with Crippen LogP contribution in [0.25, 0.3) is 0 Å². The van der Waals surface area contributed by atoms with E-state index in [1.54, 1.807) is 24.3 Å². The summed E-state index contributed by atoms with van der Waals surface area (Å²) >= 11 is 5.86. The lowest BCUT2D eigenvalue weighted by Gasteiger charge is -2.13. The molecule has 2 aromatic rings. The number of hydrogen-bond acceptors (Lipinski definition) is 2. The highest BCUT2D eigenvalue weighted by molar-refractivity contribution is 6.30. The Morgan fingerprint density at radius 1 is 1.16 bits per heavy atom. The summed E-state index contributed by atoms with van der Waals surface area (Å²) in [6.07, 6.45) is 0.640. The van der Waals surface area contributed by atoms with Crippen molar-refractivity contribution in [3.05, 3.63) is 64.9 Å². The van der Waals surface area contributed by atoms with Gasteiger partial charge in [-0.2, -0.15) is 0 Å². The zero-order valence-electron chi connectivity index (χ0n) is 10.4. The predicted octanol–water partition coefficient (Wildman–Crippen LogP) is 3.43. The standard InChI is InChI=1S/C15H15ClFNO/c16-12-2-1-3-15(9-12)19-10-14(18)8-11-4-6-13(17)7-5-11/h1-7,9,14H,8,10,18H2. The van der Waals surface area contributed by atoms with Crippen LogP contribution in [-0.2, 0) is 6.42 Å². The van der Waals surface area contributed by atoms with E-state index < -0.39 is 0 Å². The molecule has 0 saturated carbocycles. The summed E-state index contributed by atoms with van der Waals surface area (Å²) in [6.45, 7) is 0.387.